The van der Waals surface area contributed by atoms with Crippen molar-refractivity contribution in [2.24, 2.45) is 0 Å². The van der Waals surface area contributed by atoms with E-state index in [1.54, 1.807) is 45.0 Å². The third-order valence-corrected chi connectivity index (χ3v) is 5.74. The number of rotatable bonds is 9. The van der Waals surface area contributed by atoms with E-state index in [1.807, 2.05) is 6.07 Å². The first kappa shape index (κ1) is 29.4. The molecule has 1 aliphatic heterocycles. The molecule has 1 fully saturated rings. The SMILES string of the molecule is CC(C(=O)NC(CNC(=O)OCc1ccccc1)C(=O)N1CCCC1C(=O)O)N(C)C(=O)OC(C)(C)C. The van der Waals surface area contributed by atoms with Gasteiger partial charge in [-0.25, -0.2) is 14.4 Å². The van der Waals surface area contributed by atoms with E-state index in [0.717, 1.165) is 10.5 Å². The Morgan fingerprint density at radius 3 is 2.41 bits per heavy atom. The van der Waals surface area contributed by atoms with E-state index in [2.05, 4.69) is 10.6 Å². The predicted molar refractivity (Wildman–Crippen MR) is 132 cm³/mol. The Balaban J connectivity index is 2.09. The van der Waals surface area contributed by atoms with Crippen molar-refractivity contribution in [3.05, 3.63) is 35.9 Å². The zero-order valence-corrected chi connectivity index (χ0v) is 21.9. The minimum Gasteiger partial charge on any atom is -0.480 e. The molecule has 37 heavy (non-hydrogen) atoms. The van der Waals surface area contributed by atoms with Crippen LogP contribution >= 0.6 is 0 Å². The Labute approximate surface area is 216 Å². The fourth-order valence-electron chi connectivity index (χ4n) is 3.61. The van der Waals surface area contributed by atoms with Crippen LogP contribution in [-0.4, -0.2) is 88.7 Å². The Bertz CT molecular complexity index is 979. The third-order valence-electron chi connectivity index (χ3n) is 5.74. The van der Waals surface area contributed by atoms with Gasteiger partial charge in [0, 0.05) is 13.6 Å². The number of amides is 4. The van der Waals surface area contributed by atoms with Gasteiger partial charge in [0.25, 0.3) is 0 Å². The first-order valence-corrected chi connectivity index (χ1v) is 12.0. The van der Waals surface area contributed by atoms with E-state index in [9.17, 15) is 29.1 Å². The number of carboxylic acid groups (broad SMARTS) is 1. The lowest BCUT2D eigenvalue weighted by Gasteiger charge is -2.31. The lowest BCUT2D eigenvalue weighted by Crippen LogP contribution is -2.58. The number of carbonyl (C=O) groups excluding carboxylic acids is 4. The van der Waals surface area contributed by atoms with Gasteiger partial charge >= 0.3 is 18.2 Å². The van der Waals surface area contributed by atoms with Crippen molar-refractivity contribution in [1.29, 1.82) is 0 Å². The van der Waals surface area contributed by atoms with Gasteiger partial charge < -0.3 is 30.1 Å². The number of carbonyl (C=O) groups is 5. The standard InChI is InChI=1S/C25H36N4O8/c1-16(28(5)24(35)37-25(2,3)4)20(30)27-18(21(31)29-13-9-12-19(29)22(32)33)14-26-23(34)36-15-17-10-7-6-8-11-17/h6-8,10-11,16,18-19H,9,12-15H2,1-5H3,(H,26,34)(H,27,30)(H,32,33). The molecule has 1 aromatic carbocycles. The molecule has 0 radical (unpaired) electrons. The summed E-state index contributed by atoms with van der Waals surface area (Å²) in [6.45, 7) is 6.39. The highest BCUT2D eigenvalue weighted by atomic mass is 16.6. The fourth-order valence-corrected chi connectivity index (χ4v) is 3.61. The Hall–Kier alpha value is -3.83. The van der Waals surface area contributed by atoms with Crippen LogP contribution in [0, 0.1) is 0 Å². The molecule has 0 spiro atoms. The van der Waals surface area contributed by atoms with Crippen LogP contribution in [0.3, 0.4) is 0 Å². The van der Waals surface area contributed by atoms with Crippen LogP contribution in [0.1, 0.15) is 46.1 Å². The minimum absolute atomic E-state index is 0.00256. The normalized spacial score (nSPS) is 16.8. The van der Waals surface area contributed by atoms with Gasteiger partial charge in [-0.3, -0.25) is 14.5 Å². The molecular formula is C25H36N4O8. The van der Waals surface area contributed by atoms with Crippen molar-refractivity contribution in [3.63, 3.8) is 0 Å². The van der Waals surface area contributed by atoms with E-state index in [-0.39, 0.29) is 26.1 Å². The molecule has 1 aliphatic rings. The van der Waals surface area contributed by atoms with Gasteiger partial charge in [-0.15, -0.1) is 0 Å². The number of ether oxygens (including phenoxy) is 2. The van der Waals surface area contributed by atoms with E-state index < -0.39 is 53.7 Å². The maximum atomic E-state index is 13.3. The van der Waals surface area contributed by atoms with Gasteiger partial charge in [0.2, 0.25) is 11.8 Å². The number of aliphatic carboxylic acids is 1. The summed E-state index contributed by atoms with van der Waals surface area (Å²) in [5.41, 5.74) is -0.00924. The van der Waals surface area contributed by atoms with E-state index in [1.165, 1.54) is 18.9 Å². The summed E-state index contributed by atoms with van der Waals surface area (Å²) in [6.07, 6.45) is -0.767. The van der Waals surface area contributed by atoms with Crippen molar-refractivity contribution < 1.29 is 38.6 Å². The lowest BCUT2D eigenvalue weighted by atomic mass is 10.1. The van der Waals surface area contributed by atoms with Crippen molar-refractivity contribution >= 4 is 30.0 Å². The number of nitrogens with one attached hydrogen (secondary N) is 2. The summed E-state index contributed by atoms with van der Waals surface area (Å²) in [4.78, 5) is 64.7. The number of alkyl carbamates (subject to hydrolysis) is 1. The topological polar surface area (TPSA) is 155 Å². The largest absolute Gasteiger partial charge is 0.480 e. The molecule has 12 heteroatoms. The first-order valence-electron chi connectivity index (χ1n) is 12.0. The van der Waals surface area contributed by atoms with E-state index in [4.69, 9.17) is 9.47 Å². The van der Waals surface area contributed by atoms with Crippen LogP contribution in [0.5, 0.6) is 0 Å². The van der Waals surface area contributed by atoms with Crippen LogP contribution < -0.4 is 10.6 Å². The van der Waals surface area contributed by atoms with Gasteiger partial charge in [0.1, 0.15) is 30.3 Å². The number of benzene rings is 1. The number of carboxylic acids is 1. The fraction of sp³-hybridized carbons (Fsp3) is 0.560. The Morgan fingerprint density at radius 1 is 1.16 bits per heavy atom. The minimum atomic E-state index is -1.29. The quantitative estimate of drug-likeness (QED) is 0.445. The molecule has 3 N–H and O–H groups in total. The van der Waals surface area contributed by atoms with Crippen molar-refractivity contribution in [1.82, 2.24) is 20.4 Å². The van der Waals surface area contributed by atoms with E-state index >= 15 is 0 Å². The first-order chi connectivity index (χ1) is 17.3. The average Bonchev–Trinajstić information content (AvgIpc) is 3.33. The van der Waals surface area contributed by atoms with Crippen LogP contribution in [0.25, 0.3) is 0 Å². The van der Waals surface area contributed by atoms with Gasteiger partial charge in [-0.1, -0.05) is 30.3 Å². The second kappa shape index (κ2) is 12.9. The Morgan fingerprint density at radius 2 is 1.81 bits per heavy atom. The second-order valence-electron chi connectivity index (χ2n) is 9.80. The molecule has 1 heterocycles. The average molecular weight is 521 g/mol. The molecule has 0 bridgehead atoms. The smallest absolute Gasteiger partial charge is 0.410 e. The maximum absolute atomic E-state index is 13.3. The molecule has 204 valence electrons. The van der Waals surface area contributed by atoms with Crippen molar-refractivity contribution in [3.8, 4) is 0 Å². The van der Waals surface area contributed by atoms with Gasteiger partial charge in [0.05, 0.1) is 6.54 Å². The summed E-state index contributed by atoms with van der Waals surface area (Å²) in [5.74, 6) is -2.49. The van der Waals surface area contributed by atoms with Crippen LogP contribution in [0.2, 0.25) is 0 Å². The molecular weight excluding hydrogens is 484 g/mol. The van der Waals surface area contributed by atoms with Crippen LogP contribution in [0.15, 0.2) is 30.3 Å². The summed E-state index contributed by atoms with van der Waals surface area (Å²) < 4.78 is 10.4. The molecule has 2 rings (SSSR count). The second-order valence-corrected chi connectivity index (χ2v) is 9.80. The van der Waals surface area contributed by atoms with Crippen LogP contribution in [0.4, 0.5) is 9.59 Å². The predicted octanol–water partition coefficient (Wildman–Crippen LogP) is 1.73. The zero-order valence-electron chi connectivity index (χ0n) is 21.9. The number of nitrogens with zero attached hydrogens (tertiary/aromatic N) is 2. The molecule has 0 aliphatic carbocycles. The lowest BCUT2D eigenvalue weighted by molar-refractivity contribution is -0.149. The highest BCUT2D eigenvalue weighted by molar-refractivity contribution is 5.93. The van der Waals surface area contributed by atoms with Gasteiger partial charge in [0.15, 0.2) is 0 Å². The summed E-state index contributed by atoms with van der Waals surface area (Å²) in [5, 5.41) is 14.5. The monoisotopic (exact) mass is 520 g/mol. The van der Waals surface area contributed by atoms with Crippen molar-refractivity contribution in [2.45, 2.75) is 70.9 Å². The zero-order chi connectivity index (χ0) is 27.8. The third kappa shape index (κ3) is 8.96. The summed E-state index contributed by atoms with van der Waals surface area (Å²) in [7, 11) is 1.38. The molecule has 1 aromatic rings. The number of likely N-dealkylation sites (tertiary alicyclic amines) is 1. The van der Waals surface area contributed by atoms with Crippen LogP contribution in [-0.2, 0) is 30.5 Å². The summed E-state index contributed by atoms with van der Waals surface area (Å²) >= 11 is 0. The summed E-state index contributed by atoms with van der Waals surface area (Å²) in [6, 6.07) is 5.64. The molecule has 1 saturated heterocycles. The Kier molecular flexibility index (Phi) is 10.3. The number of hydrogen-bond donors (Lipinski definition) is 3. The highest BCUT2D eigenvalue weighted by Gasteiger charge is 2.38. The molecule has 3 unspecified atom stereocenters. The highest BCUT2D eigenvalue weighted by Crippen LogP contribution is 2.19. The number of hydrogen-bond acceptors (Lipinski definition) is 7. The van der Waals surface area contributed by atoms with Gasteiger partial charge in [-0.05, 0) is 46.1 Å². The van der Waals surface area contributed by atoms with Crippen molar-refractivity contribution in [2.75, 3.05) is 20.1 Å². The molecule has 0 saturated carbocycles. The molecule has 12 nitrogen and oxygen atoms in total. The van der Waals surface area contributed by atoms with Gasteiger partial charge in [-0.2, -0.15) is 0 Å². The number of likely N-dealkylation sites (N-methyl/N-ethyl adjacent to an activating group) is 1. The maximum Gasteiger partial charge on any atom is 0.410 e. The van der Waals surface area contributed by atoms with E-state index in [0.29, 0.717) is 6.42 Å². The molecule has 4 amide bonds. The molecule has 3 atom stereocenters. The molecule has 0 aromatic heterocycles.